The zero-order chi connectivity index (χ0) is 35.6. The Morgan fingerprint density at radius 3 is 0.959 bits per heavy atom. The van der Waals surface area contributed by atoms with Crippen LogP contribution in [0.4, 0.5) is 31.4 Å². The molecule has 0 aliphatic carbocycles. The first-order chi connectivity index (χ1) is 23.7. The van der Waals surface area contributed by atoms with E-state index in [1.165, 1.54) is 42.7 Å². The van der Waals surface area contributed by atoms with Gasteiger partial charge in [-0.2, -0.15) is 0 Å². The molecule has 49 heavy (non-hydrogen) atoms. The molecular formula is C33H45N7O9. The van der Waals surface area contributed by atoms with E-state index in [9.17, 15) is 14.4 Å². The van der Waals surface area contributed by atoms with Crippen molar-refractivity contribution in [3.63, 3.8) is 0 Å². The molecule has 0 aliphatic heterocycles. The molecule has 16 heteroatoms. The van der Waals surface area contributed by atoms with Crippen LogP contribution in [-0.2, 0) is 0 Å². The molecule has 0 radical (unpaired) electrons. The van der Waals surface area contributed by atoms with E-state index in [-0.39, 0.29) is 19.6 Å². The first-order valence-electron chi connectivity index (χ1n) is 15.3. The number of hydrogen-bond donors (Lipinski definition) is 6. The SMILES string of the molecule is COc1ccc(NC(=O)NCCN(CCNC(=O)Nc2ccc(OC)c(OC)c2)CCNC(=O)Nc2ccc(OC)c(OC)c2)cc1OC. The monoisotopic (exact) mass is 683 g/mol. The predicted molar refractivity (Wildman–Crippen MR) is 186 cm³/mol. The van der Waals surface area contributed by atoms with Crippen LogP contribution < -0.4 is 60.3 Å². The van der Waals surface area contributed by atoms with Gasteiger partial charge in [0.2, 0.25) is 0 Å². The molecule has 16 nitrogen and oxygen atoms in total. The summed E-state index contributed by atoms with van der Waals surface area (Å²) in [6, 6.07) is 13.9. The molecule has 0 fully saturated rings. The van der Waals surface area contributed by atoms with Gasteiger partial charge in [-0.15, -0.1) is 0 Å². The summed E-state index contributed by atoms with van der Waals surface area (Å²) in [5, 5.41) is 16.8. The van der Waals surface area contributed by atoms with E-state index in [1.807, 2.05) is 4.90 Å². The van der Waals surface area contributed by atoms with Gasteiger partial charge < -0.3 is 60.3 Å². The van der Waals surface area contributed by atoms with Gasteiger partial charge in [0, 0.05) is 74.5 Å². The largest absolute Gasteiger partial charge is 0.493 e. The molecule has 0 saturated carbocycles. The van der Waals surface area contributed by atoms with Crippen LogP contribution in [-0.4, -0.2) is 105 Å². The molecule has 6 N–H and O–H groups in total. The van der Waals surface area contributed by atoms with E-state index < -0.39 is 18.1 Å². The van der Waals surface area contributed by atoms with Crippen LogP contribution in [0.25, 0.3) is 0 Å². The van der Waals surface area contributed by atoms with E-state index in [2.05, 4.69) is 31.9 Å². The molecule has 3 aromatic carbocycles. The Bertz CT molecular complexity index is 1360. The molecule has 0 aliphatic rings. The molecule has 0 atom stereocenters. The van der Waals surface area contributed by atoms with Crippen LogP contribution in [0, 0.1) is 0 Å². The van der Waals surface area contributed by atoms with Gasteiger partial charge >= 0.3 is 18.1 Å². The molecular weight excluding hydrogens is 638 g/mol. The number of carbonyl (C=O) groups is 3. The van der Waals surface area contributed by atoms with E-state index in [0.717, 1.165) is 0 Å². The number of hydrogen-bond acceptors (Lipinski definition) is 10. The number of amides is 6. The summed E-state index contributed by atoms with van der Waals surface area (Å²) in [5.74, 6) is 3.08. The first kappa shape index (κ1) is 37.7. The summed E-state index contributed by atoms with van der Waals surface area (Å²) in [4.78, 5) is 39.8. The number of nitrogens with zero attached hydrogens (tertiary/aromatic N) is 1. The minimum Gasteiger partial charge on any atom is -0.493 e. The quantitative estimate of drug-likeness (QED) is 0.115. The maximum atomic E-state index is 12.6. The standard InChI is InChI=1S/C33H45N7O9/c1-44-25-10-7-22(19-28(25)47-4)37-31(41)34-13-16-40(17-14-35-32(42)38-23-8-11-26(45-2)29(20-23)48-5)18-15-36-33(43)39-24-9-12-27(46-3)30(21-24)49-6/h7-12,19-21H,13-18H2,1-6H3,(H2,34,37,41)(H2,35,38,42)(H2,36,39,43). The molecule has 0 unspecified atom stereocenters. The molecule has 266 valence electrons. The summed E-state index contributed by atoms with van der Waals surface area (Å²) < 4.78 is 31.6. The van der Waals surface area contributed by atoms with Crippen LogP contribution in [0.5, 0.6) is 34.5 Å². The lowest BCUT2D eigenvalue weighted by Crippen LogP contribution is -2.44. The lowest BCUT2D eigenvalue weighted by Gasteiger charge is -2.23. The fourth-order valence-corrected chi connectivity index (χ4v) is 4.59. The highest BCUT2D eigenvalue weighted by Crippen LogP contribution is 2.31. The second-order valence-corrected chi connectivity index (χ2v) is 10.2. The Kier molecular flexibility index (Phi) is 15.2. The number of carbonyl (C=O) groups excluding carboxylic acids is 3. The second-order valence-electron chi connectivity index (χ2n) is 10.2. The van der Waals surface area contributed by atoms with Crippen molar-refractivity contribution in [3.05, 3.63) is 54.6 Å². The Balaban J connectivity index is 1.53. The number of methoxy groups -OCH3 is 6. The van der Waals surface area contributed by atoms with Crippen LogP contribution in [0.3, 0.4) is 0 Å². The van der Waals surface area contributed by atoms with E-state index >= 15 is 0 Å². The average molecular weight is 684 g/mol. The van der Waals surface area contributed by atoms with Crippen LogP contribution in [0.15, 0.2) is 54.6 Å². The normalized spacial score (nSPS) is 10.3. The molecule has 3 aromatic rings. The summed E-state index contributed by atoms with van der Waals surface area (Å²) in [5.41, 5.74) is 1.59. The van der Waals surface area contributed by atoms with Gasteiger partial charge in [-0.05, 0) is 36.4 Å². The van der Waals surface area contributed by atoms with E-state index in [0.29, 0.717) is 71.2 Å². The summed E-state index contributed by atoms with van der Waals surface area (Å²) in [7, 11) is 9.14. The van der Waals surface area contributed by atoms with Crippen molar-refractivity contribution in [1.82, 2.24) is 20.9 Å². The van der Waals surface area contributed by atoms with Crippen molar-refractivity contribution in [2.45, 2.75) is 0 Å². The van der Waals surface area contributed by atoms with Crippen LogP contribution in [0.2, 0.25) is 0 Å². The highest BCUT2D eigenvalue weighted by atomic mass is 16.5. The first-order valence-corrected chi connectivity index (χ1v) is 15.3. The summed E-state index contributed by atoms with van der Waals surface area (Å²) >= 11 is 0. The smallest absolute Gasteiger partial charge is 0.319 e. The van der Waals surface area contributed by atoms with Gasteiger partial charge in [-0.3, -0.25) is 4.90 Å². The molecule has 6 amide bonds. The minimum atomic E-state index is -0.410. The molecule has 0 heterocycles. The number of rotatable bonds is 18. The average Bonchev–Trinajstić information content (AvgIpc) is 3.11. The number of benzene rings is 3. The molecule has 3 rings (SSSR count). The number of ether oxygens (including phenoxy) is 6. The van der Waals surface area contributed by atoms with Gasteiger partial charge in [0.25, 0.3) is 0 Å². The highest BCUT2D eigenvalue weighted by Gasteiger charge is 2.12. The molecule has 0 aromatic heterocycles. The lowest BCUT2D eigenvalue weighted by atomic mass is 10.3. The van der Waals surface area contributed by atoms with Crippen molar-refractivity contribution in [3.8, 4) is 34.5 Å². The van der Waals surface area contributed by atoms with Gasteiger partial charge in [0.05, 0.1) is 42.7 Å². The Labute approximate surface area is 285 Å². The zero-order valence-corrected chi connectivity index (χ0v) is 28.6. The molecule has 0 spiro atoms. The fourth-order valence-electron chi connectivity index (χ4n) is 4.59. The zero-order valence-electron chi connectivity index (χ0n) is 28.6. The number of urea groups is 3. The summed E-state index contributed by atoms with van der Waals surface area (Å²) in [6.07, 6.45) is 0. The topological polar surface area (TPSA) is 182 Å². The van der Waals surface area contributed by atoms with Gasteiger partial charge in [0.1, 0.15) is 0 Å². The van der Waals surface area contributed by atoms with E-state index in [4.69, 9.17) is 28.4 Å². The maximum Gasteiger partial charge on any atom is 0.319 e. The number of nitrogens with one attached hydrogen (secondary N) is 6. The van der Waals surface area contributed by atoms with Crippen molar-refractivity contribution in [2.24, 2.45) is 0 Å². The third kappa shape index (κ3) is 12.1. The summed E-state index contributed by atoms with van der Waals surface area (Å²) in [6.45, 7) is 2.14. The van der Waals surface area contributed by atoms with Crippen molar-refractivity contribution in [2.75, 3.05) is 97.9 Å². The second kappa shape index (κ2) is 19.8. The lowest BCUT2D eigenvalue weighted by molar-refractivity contribution is 0.238. The minimum absolute atomic E-state index is 0.287. The van der Waals surface area contributed by atoms with Crippen molar-refractivity contribution in [1.29, 1.82) is 0 Å². The Morgan fingerprint density at radius 2 is 0.714 bits per heavy atom. The van der Waals surface area contributed by atoms with Crippen molar-refractivity contribution >= 4 is 35.2 Å². The predicted octanol–water partition coefficient (Wildman–Crippen LogP) is 3.81. The Morgan fingerprint density at radius 1 is 0.449 bits per heavy atom. The van der Waals surface area contributed by atoms with Crippen molar-refractivity contribution < 1.29 is 42.8 Å². The fraction of sp³-hybridized carbons (Fsp3) is 0.364. The van der Waals surface area contributed by atoms with Gasteiger partial charge in [-0.1, -0.05) is 0 Å². The van der Waals surface area contributed by atoms with E-state index in [1.54, 1.807) is 54.6 Å². The third-order valence-electron chi connectivity index (χ3n) is 7.06. The van der Waals surface area contributed by atoms with Gasteiger partial charge in [-0.25, -0.2) is 14.4 Å². The maximum absolute atomic E-state index is 12.6. The van der Waals surface area contributed by atoms with Gasteiger partial charge in [0.15, 0.2) is 34.5 Å². The number of anilines is 3. The van der Waals surface area contributed by atoms with Crippen LogP contribution >= 0.6 is 0 Å². The third-order valence-corrected chi connectivity index (χ3v) is 7.06. The highest BCUT2D eigenvalue weighted by molar-refractivity contribution is 5.91. The molecule has 0 saturated heterocycles. The molecule has 0 bridgehead atoms. The van der Waals surface area contributed by atoms with Crippen LogP contribution in [0.1, 0.15) is 0 Å². The Hall–Kier alpha value is -5.77.